The Kier molecular flexibility index (Phi) is 7.60. The Balaban J connectivity index is 0.00000192. The Morgan fingerprint density at radius 2 is 1.70 bits per heavy atom. The van der Waals surface area contributed by atoms with Crippen molar-refractivity contribution >= 4 is 12.4 Å². The molecule has 0 aliphatic carbocycles. The van der Waals surface area contributed by atoms with E-state index in [2.05, 4.69) is 53.8 Å². The van der Waals surface area contributed by atoms with Crippen LogP contribution in [0.3, 0.4) is 0 Å². The second kappa shape index (κ2) is 9.71. The fraction of sp³-hybridized carbons (Fsp3) is 0.400. The first-order valence-corrected chi connectivity index (χ1v) is 8.34. The highest BCUT2D eigenvalue weighted by Gasteiger charge is 2.12. The van der Waals surface area contributed by atoms with Gasteiger partial charge < -0.3 is 10.1 Å². The molecule has 0 radical (unpaired) electrons. The molecule has 0 amide bonds. The van der Waals surface area contributed by atoms with Gasteiger partial charge in [0.05, 0.1) is 6.61 Å². The topological polar surface area (TPSA) is 21.3 Å². The second-order valence-electron chi connectivity index (χ2n) is 6.12. The molecule has 1 fully saturated rings. The van der Waals surface area contributed by atoms with E-state index < -0.39 is 0 Å². The molecule has 1 saturated heterocycles. The molecule has 0 saturated carbocycles. The number of nitrogens with one attached hydrogen (secondary N) is 1. The monoisotopic (exact) mass is 331 g/mol. The standard InChI is InChI=1S/C20H25NO.ClH/c1-2-6-19(7-3-1)20-10-8-18(9-11-20)16-22-14-12-17-5-4-13-21-15-17;/h1-3,6-11,17,21H,4-5,12-16H2;1H. The lowest BCUT2D eigenvalue weighted by Crippen LogP contribution is -2.30. The summed E-state index contributed by atoms with van der Waals surface area (Å²) >= 11 is 0. The fourth-order valence-electron chi connectivity index (χ4n) is 3.03. The lowest BCUT2D eigenvalue weighted by molar-refractivity contribution is 0.103. The van der Waals surface area contributed by atoms with Crippen LogP contribution in [-0.4, -0.2) is 19.7 Å². The van der Waals surface area contributed by atoms with Crippen molar-refractivity contribution in [3.05, 3.63) is 60.2 Å². The minimum absolute atomic E-state index is 0. The van der Waals surface area contributed by atoms with Gasteiger partial charge in [-0.3, -0.25) is 0 Å². The van der Waals surface area contributed by atoms with Gasteiger partial charge in [-0.2, -0.15) is 0 Å². The van der Waals surface area contributed by atoms with Crippen molar-refractivity contribution in [2.24, 2.45) is 5.92 Å². The maximum Gasteiger partial charge on any atom is 0.0716 e. The molecule has 1 aliphatic rings. The van der Waals surface area contributed by atoms with Gasteiger partial charge in [-0.05, 0) is 55.0 Å². The van der Waals surface area contributed by atoms with Crippen molar-refractivity contribution in [1.29, 1.82) is 0 Å². The molecule has 2 aromatic rings. The van der Waals surface area contributed by atoms with Crippen LogP contribution in [0.2, 0.25) is 0 Å². The molecule has 23 heavy (non-hydrogen) atoms. The summed E-state index contributed by atoms with van der Waals surface area (Å²) in [5.41, 5.74) is 3.78. The summed E-state index contributed by atoms with van der Waals surface area (Å²) < 4.78 is 5.84. The molecular formula is C20H26ClNO. The van der Waals surface area contributed by atoms with Gasteiger partial charge in [0.25, 0.3) is 0 Å². The lowest BCUT2D eigenvalue weighted by atomic mass is 9.97. The van der Waals surface area contributed by atoms with E-state index in [1.807, 2.05) is 6.07 Å². The molecule has 0 aromatic heterocycles. The molecule has 1 N–H and O–H groups in total. The molecule has 2 nitrogen and oxygen atoms in total. The Labute approximate surface area is 145 Å². The van der Waals surface area contributed by atoms with Gasteiger partial charge in [0.1, 0.15) is 0 Å². The zero-order chi connectivity index (χ0) is 15.0. The maximum atomic E-state index is 5.84. The number of hydrogen-bond acceptors (Lipinski definition) is 2. The maximum absolute atomic E-state index is 5.84. The zero-order valence-electron chi connectivity index (χ0n) is 13.5. The molecule has 3 heteroatoms. The van der Waals surface area contributed by atoms with E-state index in [0.717, 1.165) is 25.7 Å². The third-order valence-corrected chi connectivity index (χ3v) is 4.40. The highest BCUT2D eigenvalue weighted by molar-refractivity contribution is 5.85. The first-order chi connectivity index (χ1) is 10.9. The molecule has 1 heterocycles. The summed E-state index contributed by atoms with van der Waals surface area (Å²) in [6.45, 7) is 3.93. The van der Waals surface area contributed by atoms with Gasteiger partial charge in [0.15, 0.2) is 0 Å². The van der Waals surface area contributed by atoms with Crippen molar-refractivity contribution < 1.29 is 4.74 Å². The summed E-state index contributed by atoms with van der Waals surface area (Å²) in [7, 11) is 0. The van der Waals surface area contributed by atoms with Crippen molar-refractivity contribution in [3.63, 3.8) is 0 Å². The fourth-order valence-corrected chi connectivity index (χ4v) is 3.03. The number of benzene rings is 2. The van der Waals surface area contributed by atoms with E-state index in [1.54, 1.807) is 0 Å². The number of ether oxygens (including phenoxy) is 1. The molecule has 0 spiro atoms. The van der Waals surface area contributed by atoms with E-state index in [4.69, 9.17) is 4.74 Å². The Morgan fingerprint density at radius 1 is 0.957 bits per heavy atom. The van der Waals surface area contributed by atoms with Gasteiger partial charge >= 0.3 is 0 Å². The smallest absolute Gasteiger partial charge is 0.0716 e. The highest BCUT2D eigenvalue weighted by Crippen LogP contribution is 2.19. The molecule has 2 aromatic carbocycles. The normalized spacial score (nSPS) is 17.5. The van der Waals surface area contributed by atoms with Crippen molar-refractivity contribution in [1.82, 2.24) is 5.32 Å². The van der Waals surface area contributed by atoms with E-state index in [0.29, 0.717) is 0 Å². The predicted octanol–water partition coefficient (Wildman–Crippen LogP) is 4.68. The Morgan fingerprint density at radius 3 is 2.39 bits per heavy atom. The van der Waals surface area contributed by atoms with Gasteiger partial charge in [-0.1, -0.05) is 54.6 Å². The minimum Gasteiger partial charge on any atom is -0.377 e. The molecule has 1 atom stereocenters. The van der Waals surface area contributed by atoms with Crippen LogP contribution in [0.4, 0.5) is 0 Å². The van der Waals surface area contributed by atoms with Crippen LogP contribution in [0.5, 0.6) is 0 Å². The minimum atomic E-state index is 0. The van der Waals surface area contributed by atoms with Gasteiger partial charge in [0, 0.05) is 6.61 Å². The van der Waals surface area contributed by atoms with Crippen LogP contribution in [0.25, 0.3) is 11.1 Å². The zero-order valence-corrected chi connectivity index (χ0v) is 14.4. The van der Waals surface area contributed by atoms with Crippen molar-refractivity contribution in [2.45, 2.75) is 25.9 Å². The van der Waals surface area contributed by atoms with Crippen LogP contribution in [0.1, 0.15) is 24.8 Å². The molecule has 3 rings (SSSR count). The van der Waals surface area contributed by atoms with E-state index in [9.17, 15) is 0 Å². The summed E-state index contributed by atoms with van der Waals surface area (Å²) in [6.07, 6.45) is 3.84. The van der Waals surface area contributed by atoms with Gasteiger partial charge in [-0.15, -0.1) is 12.4 Å². The molecule has 0 bridgehead atoms. The summed E-state index contributed by atoms with van der Waals surface area (Å²) in [6, 6.07) is 19.2. The molecule has 124 valence electrons. The largest absolute Gasteiger partial charge is 0.377 e. The van der Waals surface area contributed by atoms with Crippen molar-refractivity contribution in [2.75, 3.05) is 19.7 Å². The summed E-state index contributed by atoms with van der Waals surface area (Å²) in [5.74, 6) is 0.800. The summed E-state index contributed by atoms with van der Waals surface area (Å²) in [5, 5.41) is 3.46. The SMILES string of the molecule is Cl.c1ccc(-c2ccc(COCCC3CCCNC3)cc2)cc1. The third kappa shape index (κ3) is 5.65. The molecule has 1 aliphatic heterocycles. The Bertz CT molecular complexity index is 550. The van der Waals surface area contributed by atoms with E-state index >= 15 is 0 Å². The van der Waals surface area contributed by atoms with Crippen LogP contribution in [-0.2, 0) is 11.3 Å². The quantitative estimate of drug-likeness (QED) is 0.776. The van der Waals surface area contributed by atoms with Gasteiger partial charge in [0.2, 0.25) is 0 Å². The highest BCUT2D eigenvalue weighted by atomic mass is 35.5. The van der Waals surface area contributed by atoms with Crippen LogP contribution in [0.15, 0.2) is 54.6 Å². The van der Waals surface area contributed by atoms with Crippen LogP contribution < -0.4 is 5.32 Å². The lowest BCUT2D eigenvalue weighted by Gasteiger charge is -2.22. The number of rotatable bonds is 6. The number of piperidine rings is 1. The average Bonchev–Trinajstić information content (AvgIpc) is 2.61. The first kappa shape index (κ1) is 18.0. The third-order valence-electron chi connectivity index (χ3n) is 4.40. The molecule has 1 unspecified atom stereocenters. The predicted molar refractivity (Wildman–Crippen MR) is 99.0 cm³/mol. The summed E-state index contributed by atoms with van der Waals surface area (Å²) in [4.78, 5) is 0. The second-order valence-corrected chi connectivity index (χ2v) is 6.12. The van der Waals surface area contributed by atoms with Gasteiger partial charge in [-0.25, -0.2) is 0 Å². The average molecular weight is 332 g/mol. The number of halogens is 1. The van der Waals surface area contributed by atoms with E-state index in [1.165, 1.54) is 42.5 Å². The Hall–Kier alpha value is -1.35. The first-order valence-electron chi connectivity index (χ1n) is 8.34. The van der Waals surface area contributed by atoms with Crippen LogP contribution >= 0.6 is 12.4 Å². The van der Waals surface area contributed by atoms with E-state index in [-0.39, 0.29) is 12.4 Å². The van der Waals surface area contributed by atoms with Crippen molar-refractivity contribution in [3.8, 4) is 11.1 Å². The van der Waals surface area contributed by atoms with Crippen LogP contribution in [0, 0.1) is 5.92 Å². The number of hydrogen-bond donors (Lipinski definition) is 1. The molecular weight excluding hydrogens is 306 g/mol.